The Morgan fingerprint density at radius 3 is 1.15 bits per heavy atom. The molecule has 6 aliphatic carbocycles. The van der Waals surface area contributed by atoms with E-state index in [0.717, 1.165) is 6.42 Å². The molecule has 7 unspecified atom stereocenters. The van der Waals surface area contributed by atoms with Gasteiger partial charge in [-0.2, -0.15) is 0 Å². The van der Waals surface area contributed by atoms with Crippen LogP contribution in [0, 0.1) is 63.6 Å². The minimum atomic E-state index is -0.0783. The van der Waals surface area contributed by atoms with Crippen molar-refractivity contribution >= 4 is 0 Å². The highest BCUT2D eigenvalue weighted by Gasteiger charge is 2.60. The smallest absolute Gasteiger partial charge is 0.111 e. The summed E-state index contributed by atoms with van der Waals surface area (Å²) < 4.78 is 0. The number of aliphatic hydroxyl groups is 3. The Kier molecular flexibility index (Phi) is 10.1. The largest absolute Gasteiger partial charge is 0.508 e. The second-order valence-electron chi connectivity index (χ2n) is 16.8. The Balaban J connectivity index is 1.55. The molecule has 3 fully saturated rings. The van der Waals surface area contributed by atoms with E-state index in [1.54, 1.807) is 0 Å². The molecule has 0 aromatic heterocycles. The first-order valence-electron chi connectivity index (χ1n) is 19.4. The molecule has 6 aliphatic rings. The molecular formula is C43H64O3. The van der Waals surface area contributed by atoms with Crippen molar-refractivity contribution in [1.29, 1.82) is 0 Å². The predicted octanol–water partition coefficient (Wildman–Crippen LogP) is 12.3. The van der Waals surface area contributed by atoms with Gasteiger partial charge >= 0.3 is 0 Å². The molecule has 0 aromatic carbocycles. The van der Waals surface area contributed by atoms with Crippen molar-refractivity contribution in [2.24, 2.45) is 63.6 Å². The van der Waals surface area contributed by atoms with E-state index in [9.17, 15) is 15.3 Å². The average Bonchev–Trinajstić information content (AvgIpc) is 3.06. The molecule has 46 heavy (non-hydrogen) atoms. The van der Waals surface area contributed by atoms with Crippen LogP contribution < -0.4 is 0 Å². The zero-order chi connectivity index (χ0) is 32.5. The van der Waals surface area contributed by atoms with Gasteiger partial charge in [0.1, 0.15) is 17.3 Å². The summed E-state index contributed by atoms with van der Waals surface area (Å²) in [5, 5.41) is 32.6. The number of hydrogen-bond donors (Lipinski definition) is 3. The lowest BCUT2D eigenvalue weighted by Crippen LogP contribution is -2.56. The monoisotopic (exact) mass is 628 g/mol. The van der Waals surface area contributed by atoms with Crippen LogP contribution in [0.4, 0.5) is 0 Å². The van der Waals surface area contributed by atoms with Gasteiger partial charge in [0.25, 0.3) is 0 Å². The summed E-state index contributed by atoms with van der Waals surface area (Å²) in [6.07, 6.45) is 40.7. The lowest BCUT2D eigenvalue weighted by Gasteiger charge is -2.62. The second-order valence-corrected chi connectivity index (χ2v) is 16.8. The van der Waals surface area contributed by atoms with Crippen LogP contribution in [-0.4, -0.2) is 15.3 Å². The quantitative estimate of drug-likeness (QED) is 0.251. The van der Waals surface area contributed by atoms with E-state index in [-0.39, 0.29) is 34.0 Å². The fourth-order valence-electron chi connectivity index (χ4n) is 12.7. The Morgan fingerprint density at radius 2 is 0.826 bits per heavy atom. The fraction of sp³-hybridized carbons (Fsp3) is 0.721. The molecule has 3 N–H and O–H groups in total. The van der Waals surface area contributed by atoms with E-state index in [0.29, 0.717) is 46.9 Å². The van der Waals surface area contributed by atoms with Crippen molar-refractivity contribution in [2.45, 2.75) is 130 Å². The number of hydrogen-bond acceptors (Lipinski definition) is 3. The van der Waals surface area contributed by atoms with Crippen molar-refractivity contribution < 1.29 is 15.3 Å². The van der Waals surface area contributed by atoms with Crippen molar-refractivity contribution in [1.82, 2.24) is 0 Å². The van der Waals surface area contributed by atoms with Gasteiger partial charge < -0.3 is 15.3 Å². The predicted molar refractivity (Wildman–Crippen MR) is 191 cm³/mol. The maximum absolute atomic E-state index is 10.9. The van der Waals surface area contributed by atoms with Crippen molar-refractivity contribution in [2.75, 3.05) is 0 Å². The maximum atomic E-state index is 10.9. The van der Waals surface area contributed by atoms with E-state index in [1.807, 2.05) is 6.08 Å². The number of allylic oxidation sites excluding steroid dienone is 9. The molecule has 0 heterocycles. The molecule has 0 amide bonds. The molecule has 7 atom stereocenters. The first kappa shape index (κ1) is 33.7. The maximum Gasteiger partial charge on any atom is 0.111 e. The Morgan fingerprint density at radius 1 is 0.522 bits per heavy atom. The molecule has 0 spiro atoms. The first-order chi connectivity index (χ1) is 22.1. The van der Waals surface area contributed by atoms with Crippen LogP contribution in [-0.2, 0) is 0 Å². The molecule has 3 heteroatoms. The topological polar surface area (TPSA) is 60.7 Å². The van der Waals surface area contributed by atoms with Gasteiger partial charge in [0, 0.05) is 16.2 Å². The Labute approximate surface area is 280 Å². The summed E-state index contributed by atoms with van der Waals surface area (Å²) in [5.74, 6) is 4.54. The van der Waals surface area contributed by atoms with Crippen LogP contribution >= 0.6 is 0 Å². The molecule has 0 aromatic rings. The van der Waals surface area contributed by atoms with Crippen molar-refractivity contribution in [3.05, 3.63) is 72.0 Å². The van der Waals surface area contributed by atoms with E-state index < -0.39 is 0 Å². The molecule has 3 nitrogen and oxygen atoms in total. The van der Waals surface area contributed by atoms with Crippen molar-refractivity contribution in [3.8, 4) is 0 Å². The van der Waals surface area contributed by atoms with Crippen LogP contribution in [0.5, 0.6) is 0 Å². The molecule has 0 saturated heterocycles. The Bertz CT molecular complexity index is 1190. The highest BCUT2D eigenvalue weighted by atomic mass is 16.3. The molecule has 3 saturated carbocycles. The van der Waals surface area contributed by atoms with Gasteiger partial charge in [-0.05, 0) is 129 Å². The lowest BCUT2D eigenvalue weighted by atomic mass is 9.41. The minimum Gasteiger partial charge on any atom is -0.508 e. The normalized spacial score (nSPS) is 39.4. The summed E-state index contributed by atoms with van der Waals surface area (Å²) in [4.78, 5) is 0. The van der Waals surface area contributed by atoms with Crippen LogP contribution in [0.25, 0.3) is 0 Å². The third-order valence-corrected chi connectivity index (χ3v) is 14.8. The van der Waals surface area contributed by atoms with Crippen LogP contribution in [0.1, 0.15) is 130 Å². The molecule has 0 radical (unpaired) electrons. The third-order valence-electron chi connectivity index (χ3n) is 14.8. The standard InChI is InChI=1S/C43H64O3/c1-30-26-37(44)20-23-41(30,34-14-8-5-9-15-34)33(4)29-40(42(35-16-10-6-11-17-35)24-21-38(45)27-31(42)2)43(36-18-12-7-13-19-36)25-22-39(46)28-32(43)3/h20-28,30-36,40,44-46H,5-19,29H2,1-4H3. The van der Waals surface area contributed by atoms with Gasteiger partial charge in [0.2, 0.25) is 0 Å². The van der Waals surface area contributed by atoms with E-state index in [1.165, 1.54) is 96.3 Å². The van der Waals surface area contributed by atoms with Gasteiger partial charge in [-0.25, -0.2) is 0 Å². The van der Waals surface area contributed by atoms with Crippen LogP contribution in [0.2, 0.25) is 0 Å². The lowest BCUT2D eigenvalue weighted by molar-refractivity contribution is -0.0854. The molecule has 6 rings (SSSR count). The van der Waals surface area contributed by atoms with Crippen LogP contribution in [0.15, 0.2) is 72.0 Å². The third kappa shape index (κ3) is 5.78. The zero-order valence-electron chi connectivity index (χ0n) is 29.5. The highest BCUT2D eigenvalue weighted by molar-refractivity contribution is 5.34. The van der Waals surface area contributed by atoms with E-state index in [4.69, 9.17) is 0 Å². The van der Waals surface area contributed by atoms with Gasteiger partial charge in [0.05, 0.1) is 0 Å². The van der Waals surface area contributed by atoms with Gasteiger partial charge in [-0.1, -0.05) is 104 Å². The summed E-state index contributed by atoms with van der Waals surface area (Å²) in [6, 6.07) is 0. The highest BCUT2D eigenvalue weighted by Crippen LogP contribution is 2.67. The van der Waals surface area contributed by atoms with Crippen LogP contribution in [0.3, 0.4) is 0 Å². The summed E-state index contributed by atoms with van der Waals surface area (Å²) in [6.45, 7) is 9.76. The molecule has 0 bridgehead atoms. The number of aliphatic hydroxyl groups excluding tert-OH is 3. The first-order valence-corrected chi connectivity index (χ1v) is 19.4. The summed E-state index contributed by atoms with van der Waals surface area (Å²) >= 11 is 0. The van der Waals surface area contributed by atoms with Gasteiger partial charge in [-0.15, -0.1) is 0 Å². The van der Waals surface area contributed by atoms with Gasteiger partial charge in [0.15, 0.2) is 0 Å². The summed E-state index contributed by atoms with van der Waals surface area (Å²) in [5.41, 5.74) is -0.151. The molecule has 254 valence electrons. The van der Waals surface area contributed by atoms with E-state index >= 15 is 0 Å². The minimum absolute atomic E-state index is 0.00556. The average molecular weight is 629 g/mol. The van der Waals surface area contributed by atoms with Crippen molar-refractivity contribution in [3.63, 3.8) is 0 Å². The fourth-order valence-corrected chi connectivity index (χ4v) is 12.7. The Hall–Kier alpha value is -2.16. The SMILES string of the molecule is CC1C=C(O)C=CC1(C(C)CC(C1(C2CCCCC2)C=CC(O)=CC1C)C1(C2CCCCC2)C=CC(O)=CC1C)C1CCCCC1. The summed E-state index contributed by atoms with van der Waals surface area (Å²) in [7, 11) is 0. The second kappa shape index (κ2) is 13.8. The molecular weight excluding hydrogens is 564 g/mol. The molecule has 0 aliphatic heterocycles. The van der Waals surface area contributed by atoms with E-state index in [2.05, 4.69) is 76.3 Å². The zero-order valence-corrected chi connectivity index (χ0v) is 29.5. The van der Waals surface area contributed by atoms with Gasteiger partial charge in [-0.3, -0.25) is 0 Å². The number of rotatable bonds is 8.